The zero-order valence-electron chi connectivity index (χ0n) is 26.7. The van der Waals surface area contributed by atoms with Crippen LogP contribution in [0.25, 0.3) is 39.5 Å². The molecule has 12 heteroatoms. The van der Waals surface area contributed by atoms with Crippen LogP contribution in [0, 0.1) is 29.1 Å². The van der Waals surface area contributed by atoms with Gasteiger partial charge in [-0.15, -0.1) is 13.2 Å². The zero-order chi connectivity index (χ0) is 36.9. The summed E-state index contributed by atoms with van der Waals surface area (Å²) in [7, 11) is 0. The van der Waals surface area contributed by atoms with E-state index in [-0.39, 0.29) is 34.4 Å². The first-order valence-corrected chi connectivity index (χ1v) is 15.6. The number of unbranched alkanes of at least 4 members (excludes halogenated alkanes) is 2. The van der Waals surface area contributed by atoms with Gasteiger partial charge in [-0.1, -0.05) is 68.3 Å². The highest BCUT2D eigenvalue weighted by Gasteiger charge is 2.33. The van der Waals surface area contributed by atoms with Crippen LogP contribution >= 0.6 is 0 Å². The van der Waals surface area contributed by atoms with E-state index in [1.165, 1.54) is 29.8 Å². The molecule has 0 heterocycles. The van der Waals surface area contributed by atoms with E-state index in [1.54, 1.807) is 6.07 Å². The van der Waals surface area contributed by atoms with Crippen LogP contribution in [0.5, 0.6) is 11.5 Å². The Morgan fingerprint density at radius 2 is 1.12 bits per heavy atom. The Balaban J connectivity index is 1.30. The number of ether oxygens (including phenoxy) is 2. The Kier molecular flexibility index (Phi) is 11.1. The third kappa shape index (κ3) is 9.50. The van der Waals surface area contributed by atoms with Crippen molar-refractivity contribution in [3.8, 4) is 44.9 Å². The van der Waals surface area contributed by atoms with E-state index in [4.69, 9.17) is 0 Å². The van der Waals surface area contributed by atoms with Crippen molar-refractivity contribution in [3.05, 3.63) is 137 Å². The number of benzene rings is 5. The average molecular weight is 719 g/mol. The van der Waals surface area contributed by atoms with Gasteiger partial charge in [0.05, 0.1) is 0 Å². The predicted molar refractivity (Wildman–Crippen MR) is 174 cm³/mol. The van der Waals surface area contributed by atoms with Crippen molar-refractivity contribution >= 4 is 6.08 Å². The van der Waals surface area contributed by atoms with Crippen molar-refractivity contribution in [3.63, 3.8) is 0 Å². The normalized spacial score (nSPS) is 12.1. The van der Waals surface area contributed by atoms with Crippen LogP contribution in [0.15, 0.2) is 97.1 Å². The average Bonchev–Trinajstić information content (AvgIpc) is 3.05. The van der Waals surface area contributed by atoms with Crippen LogP contribution < -0.4 is 9.47 Å². The maximum absolute atomic E-state index is 15.3. The molecule has 0 N–H and O–H groups in total. The van der Waals surface area contributed by atoms with Gasteiger partial charge in [0.15, 0.2) is 11.6 Å². The molecule has 5 aromatic rings. The Morgan fingerprint density at radius 1 is 0.549 bits per heavy atom. The van der Waals surface area contributed by atoms with Gasteiger partial charge in [0.25, 0.3) is 0 Å². The van der Waals surface area contributed by atoms with E-state index in [0.717, 1.165) is 37.3 Å². The fraction of sp³-hybridized carbons (Fsp3) is 0.179. The van der Waals surface area contributed by atoms with Gasteiger partial charge in [-0.05, 0) is 83.1 Å². The molecule has 0 aromatic heterocycles. The fourth-order valence-electron chi connectivity index (χ4n) is 5.31. The van der Waals surface area contributed by atoms with Gasteiger partial charge in [-0.2, -0.15) is 8.78 Å². The van der Waals surface area contributed by atoms with Gasteiger partial charge in [-0.25, -0.2) is 22.0 Å². The minimum atomic E-state index is -5.23. The van der Waals surface area contributed by atoms with Crippen molar-refractivity contribution in [2.24, 2.45) is 0 Å². The molecule has 51 heavy (non-hydrogen) atoms. The van der Waals surface area contributed by atoms with E-state index >= 15 is 8.78 Å². The van der Waals surface area contributed by atoms with Gasteiger partial charge in [-0.3, -0.25) is 0 Å². The van der Waals surface area contributed by atoms with E-state index in [2.05, 4.69) is 16.4 Å². The lowest BCUT2D eigenvalue weighted by Gasteiger charge is -2.16. The molecule has 0 bridgehead atoms. The Hall–Kier alpha value is -5.26. The molecule has 5 rings (SSSR count). The van der Waals surface area contributed by atoms with Gasteiger partial charge in [0.1, 0.15) is 29.0 Å². The molecular formula is C39H28F10O2. The third-order valence-corrected chi connectivity index (χ3v) is 7.82. The number of alkyl halides is 5. The van der Waals surface area contributed by atoms with Crippen LogP contribution in [0.4, 0.5) is 43.9 Å². The van der Waals surface area contributed by atoms with E-state index in [0.29, 0.717) is 35.9 Å². The predicted octanol–water partition coefficient (Wildman–Crippen LogP) is 12.7. The third-order valence-electron chi connectivity index (χ3n) is 7.82. The molecule has 0 amide bonds. The minimum Gasteiger partial charge on any atom is -0.429 e. The SMILES string of the molecule is CCCCCc1ccc(-c2ccc(-c3ccc(-c4cc(F)c(/C=C/C(F)(F)Oc5ccc(OC(F)(F)F)c(F)c5)c(F)c4)c(F)c3)c(F)c2)cc1. The first kappa shape index (κ1) is 37.0. The van der Waals surface area contributed by atoms with Gasteiger partial charge in [0, 0.05) is 28.8 Å². The van der Waals surface area contributed by atoms with Gasteiger partial charge >= 0.3 is 12.5 Å². The number of hydrogen-bond acceptors (Lipinski definition) is 2. The first-order chi connectivity index (χ1) is 24.1. The number of aryl methyl sites for hydroxylation is 1. The molecule has 2 nitrogen and oxygen atoms in total. The molecule has 0 radical (unpaired) electrons. The van der Waals surface area contributed by atoms with Crippen LogP contribution in [0.2, 0.25) is 0 Å². The van der Waals surface area contributed by atoms with Crippen LogP contribution in [0.3, 0.4) is 0 Å². The molecule has 0 saturated carbocycles. The molecule has 0 unspecified atom stereocenters. The largest absolute Gasteiger partial charge is 0.573 e. The number of rotatable bonds is 12. The van der Waals surface area contributed by atoms with E-state index in [9.17, 15) is 35.1 Å². The molecule has 0 aliphatic heterocycles. The Morgan fingerprint density at radius 3 is 1.71 bits per heavy atom. The summed E-state index contributed by atoms with van der Waals surface area (Å²) < 4.78 is 148. The molecule has 0 aliphatic carbocycles. The zero-order valence-corrected chi connectivity index (χ0v) is 26.7. The maximum atomic E-state index is 15.3. The fourth-order valence-corrected chi connectivity index (χ4v) is 5.31. The first-order valence-electron chi connectivity index (χ1n) is 15.6. The number of halogens is 10. The van der Waals surface area contributed by atoms with Gasteiger partial charge < -0.3 is 9.47 Å². The summed E-state index contributed by atoms with van der Waals surface area (Å²) in [5, 5.41) is 0. The lowest BCUT2D eigenvalue weighted by atomic mass is 9.96. The molecule has 0 saturated heterocycles. The van der Waals surface area contributed by atoms with Crippen molar-refractivity contribution in [1.82, 2.24) is 0 Å². The molecule has 0 spiro atoms. The molecular weight excluding hydrogens is 690 g/mol. The van der Waals surface area contributed by atoms with Crippen LogP contribution in [-0.4, -0.2) is 12.5 Å². The second-order valence-corrected chi connectivity index (χ2v) is 11.5. The van der Waals surface area contributed by atoms with Crippen molar-refractivity contribution in [2.45, 2.75) is 45.1 Å². The van der Waals surface area contributed by atoms with Crippen LogP contribution in [-0.2, 0) is 6.42 Å². The van der Waals surface area contributed by atoms with Crippen molar-refractivity contribution < 1.29 is 53.4 Å². The molecule has 5 aromatic carbocycles. The molecule has 0 atom stereocenters. The summed E-state index contributed by atoms with van der Waals surface area (Å²) in [6.45, 7) is 2.13. The summed E-state index contributed by atoms with van der Waals surface area (Å²) >= 11 is 0. The second kappa shape index (κ2) is 15.3. The summed E-state index contributed by atoms with van der Waals surface area (Å²) in [4.78, 5) is 0. The van der Waals surface area contributed by atoms with Gasteiger partial charge in [0.2, 0.25) is 0 Å². The summed E-state index contributed by atoms with van der Waals surface area (Å²) in [6, 6.07) is 18.5. The summed E-state index contributed by atoms with van der Waals surface area (Å²) in [5.41, 5.74) is 1.39. The smallest absolute Gasteiger partial charge is 0.429 e. The highest BCUT2D eigenvalue weighted by molar-refractivity contribution is 5.75. The Labute approximate surface area is 286 Å². The Bertz CT molecular complexity index is 2010. The van der Waals surface area contributed by atoms with E-state index < -0.39 is 58.6 Å². The van der Waals surface area contributed by atoms with Crippen molar-refractivity contribution in [2.75, 3.05) is 0 Å². The summed E-state index contributed by atoms with van der Waals surface area (Å²) in [5.74, 6) is -8.11. The lowest BCUT2D eigenvalue weighted by Crippen LogP contribution is -2.22. The second-order valence-electron chi connectivity index (χ2n) is 11.5. The molecule has 0 fully saturated rings. The topological polar surface area (TPSA) is 18.5 Å². The molecule has 0 aliphatic rings. The highest BCUT2D eigenvalue weighted by atomic mass is 19.4. The number of hydrogen-bond donors (Lipinski definition) is 0. The molecule has 266 valence electrons. The van der Waals surface area contributed by atoms with Crippen LogP contribution in [0.1, 0.15) is 37.3 Å². The maximum Gasteiger partial charge on any atom is 0.573 e. The summed E-state index contributed by atoms with van der Waals surface area (Å²) in [6.07, 6.45) is -4.97. The quantitative estimate of drug-likeness (QED) is 0.0945. The minimum absolute atomic E-state index is 0.0644. The van der Waals surface area contributed by atoms with Crippen molar-refractivity contribution in [1.29, 1.82) is 0 Å². The monoisotopic (exact) mass is 718 g/mol. The lowest BCUT2D eigenvalue weighted by molar-refractivity contribution is -0.275. The van der Waals surface area contributed by atoms with E-state index in [1.807, 2.05) is 24.3 Å². The highest BCUT2D eigenvalue weighted by Crippen LogP contribution is 2.35. The standard InChI is InChI=1S/C39H28F10O2/c1-2-3-4-5-23-6-8-24(9-7-23)25-10-13-29(32(40)18-25)26-11-14-30(33(41)19-26)27-20-34(42)31(35(43)21-27)16-17-38(45,46)50-28-12-15-37(36(44)22-28)51-39(47,48)49/h6-22H,2-5H2,1H3/b17-16+.